The molecule has 0 unspecified atom stereocenters. The van der Waals surface area contributed by atoms with E-state index in [4.69, 9.17) is 4.74 Å². The van der Waals surface area contributed by atoms with E-state index >= 15 is 0 Å². The minimum Gasteiger partial charge on any atom is -0.496 e. The molecule has 0 fully saturated rings. The maximum Gasteiger partial charge on any atom is 0.122 e. The first-order chi connectivity index (χ1) is 5.38. The smallest absolute Gasteiger partial charge is 0.122 e. The molecular weight excluding hydrogens is 136 g/mol. The van der Waals surface area contributed by atoms with Crippen LogP contribution in [0.3, 0.4) is 0 Å². The fourth-order valence-corrected chi connectivity index (χ4v) is 1.11. The van der Waals surface area contributed by atoms with E-state index < -0.39 is 0 Å². The summed E-state index contributed by atoms with van der Waals surface area (Å²) in [5.41, 5.74) is 1.25. The first kappa shape index (κ1) is 8.12. The fourth-order valence-electron chi connectivity index (χ4n) is 1.11. The Kier molecular flexibility index (Phi) is 2.96. The number of rotatable bonds is 3. The molecule has 1 heteroatoms. The third-order valence-corrected chi connectivity index (χ3v) is 1.64. The molecule has 0 spiro atoms. The highest BCUT2D eigenvalue weighted by atomic mass is 16.5. The molecule has 0 bridgehead atoms. The van der Waals surface area contributed by atoms with E-state index in [1.54, 1.807) is 7.11 Å². The Morgan fingerprint density at radius 1 is 1.55 bits per heavy atom. The lowest BCUT2D eigenvalue weighted by Crippen LogP contribution is -1.90. The average molecular weight is 149 g/mol. The summed E-state index contributed by atoms with van der Waals surface area (Å²) in [4.78, 5) is 0. The third-order valence-electron chi connectivity index (χ3n) is 1.64. The highest BCUT2D eigenvalue weighted by Crippen LogP contribution is 2.17. The van der Waals surface area contributed by atoms with E-state index in [1.807, 2.05) is 18.2 Å². The summed E-state index contributed by atoms with van der Waals surface area (Å²) in [5, 5.41) is 0. The van der Waals surface area contributed by atoms with E-state index in [9.17, 15) is 0 Å². The van der Waals surface area contributed by atoms with Crippen LogP contribution in [-0.2, 0) is 6.42 Å². The van der Waals surface area contributed by atoms with Crippen molar-refractivity contribution < 1.29 is 4.74 Å². The van der Waals surface area contributed by atoms with Gasteiger partial charge in [0.25, 0.3) is 0 Å². The minimum absolute atomic E-state index is 0.977. The molecule has 0 atom stereocenters. The lowest BCUT2D eigenvalue weighted by atomic mass is 10.1. The van der Waals surface area contributed by atoms with E-state index in [0.29, 0.717) is 0 Å². The number of benzene rings is 1. The summed E-state index contributed by atoms with van der Waals surface area (Å²) >= 11 is 0. The minimum atomic E-state index is 0.977. The zero-order valence-corrected chi connectivity index (χ0v) is 7.05. The van der Waals surface area contributed by atoms with Crippen LogP contribution >= 0.6 is 0 Å². The first-order valence-corrected chi connectivity index (χ1v) is 3.91. The van der Waals surface area contributed by atoms with Gasteiger partial charge in [-0.15, -0.1) is 0 Å². The molecule has 1 nitrogen and oxygen atoms in total. The molecule has 11 heavy (non-hydrogen) atoms. The Balaban J connectivity index is 2.83. The summed E-state index contributed by atoms with van der Waals surface area (Å²) in [6.45, 7) is 2.16. The Morgan fingerprint density at radius 3 is 3.00 bits per heavy atom. The Morgan fingerprint density at radius 2 is 2.36 bits per heavy atom. The lowest BCUT2D eigenvalue weighted by Gasteiger charge is -2.05. The van der Waals surface area contributed by atoms with Gasteiger partial charge in [-0.1, -0.05) is 19.4 Å². The van der Waals surface area contributed by atoms with Gasteiger partial charge in [0.1, 0.15) is 5.75 Å². The van der Waals surface area contributed by atoms with Crippen LogP contribution in [-0.4, -0.2) is 7.11 Å². The van der Waals surface area contributed by atoms with Crippen molar-refractivity contribution in [3.63, 3.8) is 0 Å². The molecule has 59 valence electrons. The van der Waals surface area contributed by atoms with Crippen molar-refractivity contribution >= 4 is 0 Å². The standard InChI is InChI=1S/C10H13O/c1-3-6-9-7-4-5-8-10(9)11-2/h5,7-8H,3,6H2,1-2H3. The number of hydrogen-bond donors (Lipinski definition) is 0. The molecule has 1 rings (SSSR count). The number of hydrogen-bond acceptors (Lipinski definition) is 1. The van der Waals surface area contributed by atoms with Gasteiger partial charge in [-0.2, -0.15) is 0 Å². The SMILES string of the molecule is CCCc1c[c]ccc1OC. The molecule has 0 aliphatic carbocycles. The van der Waals surface area contributed by atoms with Crippen LogP contribution in [0.2, 0.25) is 0 Å². The highest BCUT2D eigenvalue weighted by Gasteiger charge is 1.98. The van der Waals surface area contributed by atoms with Crippen LogP contribution in [0.5, 0.6) is 5.75 Å². The molecule has 0 N–H and O–H groups in total. The summed E-state index contributed by atoms with van der Waals surface area (Å²) in [7, 11) is 1.70. The van der Waals surface area contributed by atoms with Crippen molar-refractivity contribution in [2.75, 3.05) is 7.11 Å². The zero-order chi connectivity index (χ0) is 8.10. The van der Waals surface area contributed by atoms with Gasteiger partial charge in [0.05, 0.1) is 7.11 Å². The van der Waals surface area contributed by atoms with Gasteiger partial charge in [-0.25, -0.2) is 0 Å². The molecule has 0 aliphatic heterocycles. The maximum absolute atomic E-state index is 5.18. The molecular formula is C10H13O. The van der Waals surface area contributed by atoms with Crippen LogP contribution in [0.15, 0.2) is 18.2 Å². The van der Waals surface area contributed by atoms with E-state index in [1.165, 1.54) is 5.56 Å². The predicted octanol–water partition coefficient (Wildman–Crippen LogP) is 2.45. The van der Waals surface area contributed by atoms with Gasteiger partial charge in [0.2, 0.25) is 0 Å². The van der Waals surface area contributed by atoms with E-state index in [2.05, 4.69) is 13.0 Å². The molecule has 1 aromatic rings. The first-order valence-electron chi connectivity index (χ1n) is 3.91. The van der Waals surface area contributed by atoms with Crippen LogP contribution in [0, 0.1) is 6.07 Å². The second-order valence-electron chi connectivity index (χ2n) is 2.49. The summed E-state index contributed by atoms with van der Waals surface area (Å²) in [5.74, 6) is 0.977. The van der Waals surface area contributed by atoms with Crippen molar-refractivity contribution in [3.8, 4) is 5.75 Å². The quantitative estimate of drug-likeness (QED) is 0.641. The Labute approximate surface area is 68.0 Å². The molecule has 0 aliphatic rings. The normalized spacial score (nSPS) is 9.64. The largest absolute Gasteiger partial charge is 0.496 e. The summed E-state index contributed by atoms with van der Waals surface area (Å²) in [6.07, 6.45) is 2.22. The average Bonchev–Trinajstić information content (AvgIpc) is 2.06. The van der Waals surface area contributed by atoms with Crippen molar-refractivity contribution in [2.24, 2.45) is 0 Å². The maximum atomic E-state index is 5.18. The molecule has 0 aromatic heterocycles. The Hall–Kier alpha value is -0.980. The summed E-state index contributed by atoms with van der Waals surface area (Å²) in [6, 6.07) is 8.85. The third kappa shape index (κ3) is 1.97. The van der Waals surface area contributed by atoms with Crippen molar-refractivity contribution in [2.45, 2.75) is 19.8 Å². The predicted molar refractivity (Wildman–Crippen MR) is 45.8 cm³/mol. The molecule has 0 amide bonds. The van der Waals surface area contributed by atoms with Crippen LogP contribution in [0.1, 0.15) is 18.9 Å². The molecule has 0 saturated heterocycles. The molecule has 0 heterocycles. The van der Waals surface area contributed by atoms with Crippen molar-refractivity contribution in [3.05, 3.63) is 29.8 Å². The lowest BCUT2D eigenvalue weighted by molar-refractivity contribution is 0.409. The highest BCUT2D eigenvalue weighted by molar-refractivity contribution is 5.32. The van der Waals surface area contributed by atoms with Crippen molar-refractivity contribution in [1.82, 2.24) is 0 Å². The fraction of sp³-hybridized carbons (Fsp3) is 0.400. The number of ether oxygens (including phenoxy) is 1. The number of aryl methyl sites for hydroxylation is 1. The van der Waals surface area contributed by atoms with Gasteiger partial charge in [0, 0.05) is 0 Å². The number of methoxy groups -OCH3 is 1. The van der Waals surface area contributed by atoms with E-state index in [0.717, 1.165) is 18.6 Å². The Bertz CT molecular complexity index is 218. The zero-order valence-electron chi connectivity index (χ0n) is 7.05. The van der Waals surface area contributed by atoms with Gasteiger partial charge in [0.15, 0.2) is 0 Å². The van der Waals surface area contributed by atoms with E-state index in [-0.39, 0.29) is 0 Å². The van der Waals surface area contributed by atoms with Crippen LogP contribution in [0.4, 0.5) is 0 Å². The van der Waals surface area contributed by atoms with Gasteiger partial charge < -0.3 is 4.74 Å². The van der Waals surface area contributed by atoms with Gasteiger partial charge in [-0.3, -0.25) is 0 Å². The molecule has 0 saturated carbocycles. The van der Waals surface area contributed by atoms with Crippen LogP contribution in [0.25, 0.3) is 0 Å². The summed E-state index contributed by atoms with van der Waals surface area (Å²) < 4.78 is 5.18. The van der Waals surface area contributed by atoms with Crippen molar-refractivity contribution in [1.29, 1.82) is 0 Å². The molecule has 1 radical (unpaired) electrons. The second kappa shape index (κ2) is 4.02. The van der Waals surface area contributed by atoms with Crippen LogP contribution < -0.4 is 4.74 Å². The van der Waals surface area contributed by atoms with Gasteiger partial charge >= 0.3 is 0 Å². The molecule has 1 aromatic carbocycles. The topological polar surface area (TPSA) is 9.23 Å². The van der Waals surface area contributed by atoms with Gasteiger partial charge in [-0.05, 0) is 30.2 Å². The monoisotopic (exact) mass is 149 g/mol. The second-order valence-corrected chi connectivity index (χ2v) is 2.49.